The molecule has 0 heterocycles. The molecular weight excluding hydrogens is 344 g/mol. The molecule has 2 aromatic rings. The standard InChI is InChI=1S/C21H26N2O4/c1-5-25-19-11-10-17(12-20(19)26-6-2)13-22-23-21(24)14-27-18-9-7-8-15(3)16(18)4/h7-13H,5-6,14H2,1-4H3,(H,23,24). The second-order valence-electron chi connectivity index (χ2n) is 5.85. The van der Waals surface area contributed by atoms with Crippen molar-refractivity contribution >= 4 is 12.1 Å². The van der Waals surface area contributed by atoms with Gasteiger partial charge in [-0.2, -0.15) is 5.10 Å². The van der Waals surface area contributed by atoms with Crippen LogP contribution >= 0.6 is 0 Å². The highest BCUT2D eigenvalue weighted by atomic mass is 16.5. The number of carbonyl (C=O) groups excluding carboxylic acids is 1. The van der Waals surface area contributed by atoms with E-state index in [-0.39, 0.29) is 12.5 Å². The molecule has 0 fully saturated rings. The molecule has 0 bridgehead atoms. The zero-order chi connectivity index (χ0) is 19.6. The third-order valence-corrected chi connectivity index (χ3v) is 3.88. The van der Waals surface area contributed by atoms with Crippen LogP contribution in [-0.4, -0.2) is 31.9 Å². The van der Waals surface area contributed by atoms with Gasteiger partial charge in [-0.3, -0.25) is 4.79 Å². The Morgan fingerprint density at radius 2 is 1.74 bits per heavy atom. The average molecular weight is 370 g/mol. The minimum Gasteiger partial charge on any atom is -0.490 e. The number of nitrogens with zero attached hydrogens (tertiary/aromatic N) is 1. The minimum absolute atomic E-state index is 0.102. The summed E-state index contributed by atoms with van der Waals surface area (Å²) in [6.45, 7) is 8.78. The third kappa shape index (κ3) is 6.02. The van der Waals surface area contributed by atoms with Gasteiger partial charge in [0.1, 0.15) is 5.75 Å². The van der Waals surface area contributed by atoms with E-state index in [0.29, 0.717) is 30.5 Å². The lowest BCUT2D eigenvalue weighted by molar-refractivity contribution is -0.123. The molecule has 0 aromatic heterocycles. The lowest BCUT2D eigenvalue weighted by Gasteiger charge is -2.11. The van der Waals surface area contributed by atoms with E-state index in [4.69, 9.17) is 14.2 Å². The number of hydrogen-bond donors (Lipinski definition) is 1. The van der Waals surface area contributed by atoms with Crippen LogP contribution in [0.3, 0.4) is 0 Å². The van der Waals surface area contributed by atoms with Gasteiger partial charge < -0.3 is 14.2 Å². The van der Waals surface area contributed by atoms with Crippen molar-refractivity contribution in [2.24, 2.45) is 5.10 Å². The van der Waals surface area contributed by atoms with Crippen LogP contribution in [0, 0.1) is 13.8 Å². The van der Waals surface area contributed by atoms with Gasteiger partial charge in [-0.1, -0.05) is 12.1 Å². The largest absolute Gasteiger partial charge is 0.490 e. The van der Waals surface area contributed by atoms with E-state index in [9.17, 15) is 4.79 Å². The summed E-state index contributed by atoms with van der Waals surface area (Å²) in [5.74, 6) is 1.69. The number of aryl methyl sites for hydroxylation is 1. The Balaban J connectivity index is 1.91. The van der Waals surface area contributed by atoms with Crippen molar-refractivity contribution in [1.29, 1.82) is 0 Å². The number of nitrogens with one attached hydrogen (secondary N) is 1. The van der Waals surface area contributed by atoms with Crippen molar-refractivity contribution in [2.75, 3.05) is 19.8 Å². The maximum Gasteiger partial charge on any atom is 0.277 e. The van der Waals surface area contributed by atoms with Gasteiger partial charge in [-0.15, -0.1) is 0 Å². The number of benzene rings is 2. The summed E-state index contributed by atoms with van der Waals surface area (Å²) in [5, 5.41) is 3.97. The van der Waals surface area contributed by atoms with E-state index in [1.807, 2.05) is 64.1 Å². The summed E-state index contributed by atoms with van der Waals surface area (Å²) in [6.07, 6.45) is 1.55. The van der Waals surface area contributed by atoms with E-state index < -0.39 is 0 Å². The Labute approximate surface area is 160 Å². The van der Waals surface area contributed by atoms with Crippen molar-refractivity contribution in [2.45, 2.75) is 27.7 Å². The Hall–Kier alpha value is -3.02. The number of hydrazone groups is 1. The van der Waals surface area contributed by atoms with Gasteiger partial charge in [0, 0.05) is 0 Å². The van der Waals surface area contributed by atoms with Crippen LogP contribution in [0.4, 0.5) is 0 Å². The molecule has 6 heteroatoms. The lowest BCUT2D eigenvalue weighted by Crippen LogP contribution is -2.24. The zero-order valence-electron chi connectivity index (χ0n) is 16.2. The van der Waals surface area contributed by atoms with Gasteiger partial charge in [0.2, 0.25) is 0 Å². The van der Waals surface area contributed by atoms with Crippen LogP contribution in [0.5, 0.6) is 17.2 Å². The topological polar surface area (TPSA) is 69.2 Å². The summed E-state index contributed by atoms with van der Waals surface area (Å²) < 4.78 is 16.6. The molecule has 6 nitrogen and oxygen atoms in total. The first-order chi connectivity index (χ1) is 13.0. The van der Waals surface area contributed by atoms with Crippen LogP contribution in [-0.2, 0) is 4.79 Å². The highest BCUT2D eigenvalue weighted by Crippen LogP contribution is 2.28. The average Bonchev–Trinajstić information content (AvgIpc) is 2.65. The molecule has 1 N–H and O–H groups in total. The summed E-state index contributed by atoms with van der Waals surface area (Å²) in [7, 11) is 0. The van der Waals surface area contributed by atoms with Gasteiger partial charge in [0.05, 0.1) is 19.4 Å². The molecule has 1 amide bonds. The Kier molecular flexibility index (Phi) is 7.67. The number of hydrogen-bond acceptors (Lipinski definition) is 5. The van der Waals surface area contributed by atoms with Crippen LogP contribution in [0.15, 0.2) is 41.5 Å². The SMILES string of the molecule is CCOc1ccc(C=NNC(=O)COc2cccc(C)c2C)cc1OCC. The molecule has 144 valence electrons. The number of carbonyl (C=O) groups is 1. The molecule has 0 saturated carbocycles. The Morgan fingerprint density at radius 1 is 1.00 bits per heavy atom. The number of ether oxygens (including phenoxy) is 3. The monoisotopic (exact) mass is 370 g/mol. The Morgan fingerprint density at radius 3 is 2.48 bits per heavy atom. The van der Waals surface area contributed by atoms with E-state index in [0.717, 1.165) is 16.7 Å². The third-order valence-electron chi connectivity index (χ3n) is 3.88. The first kappa shape index (κ1) is 20.3. The zero-order valence-corrected chi connectivity index (χ0v) is 16.2. The number of amides is 1. The first-order valence-corrected chi connectivity index (χ1v) is 8.95. The first-order valence-electron chi connectivity index (χ1n) is 8.95. The Bertz CT molecular complexity index is 803. The minimum atomic E-state index is -0.330. The molecule has 0 aliphatic heterocycles. The lowest BCUT2D eigenvalue weighted by atomic mass is 10.1. The molecule has 2 aromatic carbocycles. The van der Waals surface area contributed by atoms with Gasteiger partial charge in [-0.25, -0.2) is 5.43 Å². The normalized spacial score (nSPS) is 10.7. The smallest absolute Gasteiger partial charge is 0.277 e. The van der Waals surface area contributed by atoms with Crippen molar-refractivity contribution in [3.05, 3.63) is 53.1 Å². The quantitative estimate of drug-likeness (QED) is 0.541. The summed E-state index contributed by atoms with van der Waals surface area (Å²) >= 11 is 0. The fourth-order valence-corrected chi connectivity index (χ4v) is 2.38. The van der Waals surface area contributed by atoms with Gasteiger partial charge in [0.25, 0.3) is 5.91 Å². The van der Waals surface area contributed by atoms with Gasteiger partial charge >= 0.3 is 0 Å². The molecule has 0 unspecified atom stereocenters. The van der Waals surface area contributed by atoms with Crippen molar-refractivity contribution in [3.8, 4) is 17.2 Å². The van der Waals surface area contributed by atoms with Crippen LogP contribution in [0.1, 0.15) is 30.5 Å². The summed E-state index contributed by atoms with van der Waals surface area (Å²) in [4.78, 5) is 11.9. The molecule has 0 spiro atoms. The van der Waals surface area contributed by atoms with Crippen molar-refractivity contribution in [1.82, 2.24) is 5.43 Å². The molecule has 27 heavy (non-hydrogen) atoms. The maximum absolute atomic E-state index is 11.9. The second kappa shape index (κ2) is 10.2. The molecule has 0 radical (unpaired) electrons. The van der Waals surface area contributed by atoms with E-state index in [2.05, 4.69) is 10.5 Å². The van der Waals surface area contributed by atoms with Crippen molar-refractivity contribution in [3.63, 3.8) is 0 Å². The predicted molar refractivity (Wildman–Crippen MR) is 106 cm³/mol. The van der Waals surface area contributed by atoms with Crippen LogP contribution < -0.4 is 19.6 Å². The molecule has 0 aliphatic rings. The van der Waals surface area contributed by atoms with Gasteiger partial charge in [-0.05, 0) is 68.7 Å². The van der Waals surface area contributed by atoms with E-state index in [1.54, 1.807) is 6.21 Å². The van der Waals surface area contributed by atoms with Gasteiger partial charge in [0.15, 0.2) is 18.1 Å². The van der Waals surface area contributed by atoms with Crippen LogP contribution in [0.25, 0.3) is 0 Å². The fourth-order valence-electron chi connectivity index (χ4n) is 2.38. The molecule has 0 aliphatic carbocycles. The highest BCUT2D eigenvalue weighted by molar-refractivity contribution is 5.83. The molecule has 0 atom stereocenters. The molecule has 2 rings (SSSR count). The highest BCUT2D eigenvalue weighted by Gasteiger charge is 2.07. The second-order valence-corrected chi connectivity index (χ2v) is 5.85. The van der Waals surface area contributed by atoms with Crippen molar-refractivity contribution < 1.29 is 19.0 Å². The summed E-state index contributed by atoms with van der Waals surface area (Å²) in [5.41, 5.74) is 5.39. The molecular formula is C21H26N2O4. The predicted octanol–water partition coefficient (Wildman–Crippen LogP) is 3.63. The van der Waals surface area contributed by atoms with E-state index >= 15 is 0 Å². The van der Waals surface area contributed by atoms with Crippen LogP contribution in [0.2, 0.25) is 0 Å². The molecule has 0 saturated heterocycles. The summed E-state index contributed by atoms with van der Waals surface area (Å²) in [6, 6.07) is 11.2. The number of rotatable bonds is 9. The van der Waals surface area contributed by atoms with E-state index in [1.165, 1.54) is 0 Å². The fraction of sp³-hybridized carbons (Fsp3) is 0.333. The maximum atomic E-state index is 11.9.